The summed E-state index contributed by atoms with van der Waals surface area (Å²) in [5.41, 5.74) is 1.99. The molecule has 0 unspecified atom stereocenters. The fourth-order valence-electron chi connectivity index (χ4n) is 3.20. The van der Waals surface area contributed by atoms with Gasteiger partial charge in [-0.25, -0.2) is 13.4 Å². The average Bonchev–Trinajstić information content (AvgIpc) is 2.81. The molecule has 1 saturated heterocycles. The molecule has 130 valence electrons. The number of nitrogens with zero attached hydrogens (tertiary/aromatic N) is 3. The average molecular weight is 342 g/mol. The van der Waals surface area contributed by atoms with Crippen LogP contribution in [0.3, 0.4) is 0 Å². The Hall–Kier alpha value is -0.960. The second-order valence-corrected chi connectivity index (χ2v) is 8.44. The van der Waals surface area contributed by atoms with E-state index in [1.807, 2.05) is 6.33 Å². The number of nitrogens with one attached hydrogen (secondary N) is 1. The Labute approximate surface area is 138 Å². The highest BCUT2D eigenvalue weighted by molar-refractivity contribution is 7.89. The van der Waals surface area contributed by atoms with E-state index in [0.717, 1.165) is 50.4 Å². The third kappa shape index (κ3) is 3.93. The maximum atomic E-state index is 12.2. The molecule has 0 radical (unpaired) electrons. The molecule has 2 aliphatic rings. The number of aromatic nitrogens is 2. The molecule has 0 aromatic carbocycles. The standard InChI is InChI=1S/C15H26N4O3S/c1-2-23(20,21)19-7-3-6-18-12-17-14(15(18)11-19)10-16-13-4-8-22-9-5-13/h12-13,16H,2-11H2,1H3. The third-order valence-electron chi connectivity index (χ3n) is 4.70. The summed E-state index contributed by atoms with van der Waals surface area (Å²) in [7, 11) is -3.16. The van der Waals surface area contributed by atoms with Crippen LogP contribution in [0, 0.1) is 0 Å². The van der Waals surface area contributed by atoms with Gasteiger partial charge in [-0.1, -0.05) is 0 Å². The summed E-state index contributed by atoms with van der Waals surface area (Å²) >= 11 is 0. The number of fused-ring (bicyclic) bond motifs is 1. The number of hydrogen-bond donors (Lipinski definition) is 1. The summed E-state index contributed by atoms with van der Waals surface area (Å²) in [5, 5.41) is 3.54. The van der Waals surface area contributed by atoms with Crippen LogP contribution in [0.4, 0.5) is 0 Å². The minimum Gasteiger partial charge on any atom is -0.381 e. The zero-order valence-electron chi connectivity index (χ0n) is 13.7. The Kier molecular flexibility index (Phi) is 5.35. The van der Waals surface area contributed by atoms with E-state index in [1.54, 1.807) is 11.2 Å². The van der Waals surface area contributed by atoms with Crippen molar-refractivity contribution in [3.05, 3.63) is 17.7 Å². The maximum absolute atomic E-state index is 12.2. The first-order valence-corrected chi connectivity index (χ1v) is 10.0. The van der Waals surface area contributed by atoms with Crippen LogP contribution in [0.1, 0.15) is 37.6 Å². The van der Waals surface area contributed by atoms with E-state index in [1.165, 1.54) is 0 Å². The summed E-state index contributed by atoms with van der Waals surface area (Å²) in [4.78, 5) is 4.51. The lowest BCUT2D eigenvalue weighted by atomic mass is 10.1. The van der Waals surface area contributed by atoms with E-state index in [2.05, 4.69) is 14.9 Å². The molecule has 1 aromatic heterocycles. The molecule has 0 aliphatic carbocycles. The number of ether oxygens (including phenoxy) is 1. The highest BCUT2D eigenvalue weighted by atomic mass is 32.2. The molecule has 0 atom stereocenters. The largest absolute Gasteiger partial charge is 0.381 e. The van der Waals surface area contributed by atoms with Crippen LogP contribution in [0.5, 0.6) is 0 Å². The van der Waals surface area contributed by atoms with Gasteiger partial charge in [0.2, 0.25) is 10.0 Å². The second kappa shape index (κ2) is 7.29. The minimum atomic E-state index is -3.16. The summed E-state index contributed by atoms with van der Waals surface area (Å²) in [6.07, 6.45) is 4.71. The highest BCUT2D eigenvalue weighted by Gasteiger charge is 2.26. The Morgan fingerprint density at radius 3 is 2.87 bits per heavy atom. The van der Waals surface area contributed by atoms with Gasteiger partial charge in [-0.15, -0.1) is 0 Å². The number of imidazole rings is 1. The van der Waals surface area contributed by atoms with Crippen LogP contribution >= 0.6 is 0 Å². The van der Waals surface area contributed by atoms with Gasteiger partial charge in [-0.05, 0) is 26.2 Å². The van der Waals surface area contributed by atoms with Crippen molar-refractivity contribution < 1.29 is 13.2 Å². The van der Waals surface area contributed by atoms with E-state index in [4.69, 9.17) is 4.74 Å². The van der Waals surface area contributed by atoms with Crippen LogP contribution in [-0.4, -0.2) is 53.8 Å². The lowest BCUT2D eigenvalue weighted by Crippen LogP contribution is -2.35. The first kappa shape index (κ1) is 16.9. The molecule has 2 aliphatic heterocycles. The number of sulfonamides is 1. The normalized spacial score (nSPS) is 21.1. The van der Waals surface area contributed by atoms with Crippen molar-refractivity contribution >= 4 is 10.0 Å². The topological polar surface area (TPSA) is 76.5 Å². The molecule has 1 fully saturated rings. The van der Waals surface area contributed by atoms with E-state index >= 15 is 0 Å². The summed E-state index contributed by atoms with van der Waals surface area (Å²) < 4.78 is 33.5. The Bertz CT molecular complexity index is 623. The van der Waals surface area contributed by atoms with Crippen LogP contribution in [0.2, 0.25) is 0 Å². The molecule has 0 spiro atoms. The Morgan fingerprint density at radius 2 is 2.13 bits per heavy atom. The lowest BCUT2D eigenvalue weighted by molar-refractivity contribution is 0.0775. The molecule has 1 N–H and O–H groups in total. The molecule has 3 rings (SSSR count). The molecule has 7 nitrogen and oxygen atoms in total. The van der Waals surface area contributed by atoms with Crippen molar-refractivity contribution in [2.24, 2.45) is 0 Å². The van der Waals surface area contributed by atoms with Crippen molar-refractivity contribution in [2.45, 2.75) is 51.9 Å². The van der Waals surface area contributed by atoms with E-state index < -0.39 is 10.0 Å². The van der Waals surface area contributed by atoms with Crippen molar-refractivity contribution in [3.8, 4) is 0 Å². The third-order valence-corrected chi connectivity index (χ3v) is 6.53. The molecule has 0 bridgehead atoms. The zero-order chi connectivity index (χ0) is 16.3. The minimum absolute atomic E-state index is 0.150. The van der Waals surface area contributed by atoms with Crippen LogP contribution < -0.4 is 5.32 Å². The van der Waals surface area contributed by atoms with Crippen LogP contribution in [-0.2, 0) is 34.4 Å². The number of rotatable bonds is 5. The van der Waals surface area contributed by atoms with Crippen molar-refractivity contribution in [1.29, 1.82) is 0 Å². The van der Waals surface area contributed by atoms with E-state index in [-0.39, 0.29) is 5.75 Å². The maximum Gasteiger partial charge on any atom is 0.214 e. The first-order valence-electron chi connectivity index (χ1n) is 8.42. The highest BCUT2D eigenvalue weighted by Crippen LogP contribution is 2.19. The predicted molar refractivity (Wildman–Crippen MR) is 87.4 cm³/mol. The first-order chi connectivity index (χ1) is 11.1. The molecule has 3 heterocycles. The van der Waals surface area contributed by atoms with Crippen molar-refractivity contribution in [2.75, 3.05) is 25.5 Å². The van der Waals surface area contributed by atoms with Gasteiger partial charge in [-0.2, -0.15) is 4.31 Å². The molecule has 1 aromatic rings. The van der Waals surface area contributed by atoms with E-state index in [9.17, 15) is 8.42 Å². The van der Waals surface area contributed by atoms with Crippen molar-refractivity contribution in [3.63, 3.8) is 0 Å². The van der Waals surface area contributed by atoms with Gasteiger partial charge in [0, 0.05) is 38.9 Å². The van der Waals surface area contributed by atoms with Gasteiger partial charge < -0.3 is 14.6 Å². The van der Waals surface area contributed by atoms with Crippen LogP contribution in [0.15, 0.2) is 6.33 Å². The molecule has 8 heteroatoms. The van der Waals surface area contributed by atoms with E-state index in [0.29, 0.717) is 25.7 Å². The van der Waals surface area contributed by atoms with Gasteiger partial charge in [0.05, 0.1) is 30.0 Å². The van der Waals surface area contributed by atoms with Gasteiger partial charge in [0.15, 0.2) is 0 Å². The van der Waals surface area contributed by atoms with Crippen molar-refractivity contribution in [1.82, 2.24) is 19.2 Å². The van der Waals surface area contributed by atoms with Gasteiger partial charge in [0.1, 0.15) is 0 Å². The Balaban J connectivity index is 1.71. The fourth-order valence-corrected chi connectivity index (χ4v) is 4.29. The number of aryl methyl sites for hydroxylation is 1. The van der Waals surface area contributed by atoms with Crippen LogP contribution in [0.25, 0.3) is 0 Å². The zero-order valence-corrected chi connectivity index (χ0v) is 14.5. The summed E-state index contributed by atoms with van der Waals surface area (Å²) in [6.45, 7) is 5.85. The number of hydrogen-bond acceptors (Lipinski definition) is 5. The molecular formula is C15H26N4O3S. The van der Waals surface area contributed by atoms with Gasteiger partial charge in [0.25, 0.3) is 0 Å². The molecular weight excluding hydrogens is 316 g/mol. The molecule has 0 amide bonds. The Morgan fingerprint density at radius 1 is 1.35 bits per heavy atom. The molecule has 0 saturated carbocycles. The second-order valence-electron chi connectivity index (χ2n) is 6.19. The predicted octanol–water partition coefficient (Wildman–Crippen LogP) is 0.707. The summed E-state index contributed by atoms with van der Waals surface area (Å²) in [5.74, 6) is 0.150. The lowest BCUT2D eigenvalue weighted by Gasteiger charge is -2.23. The van der Waals surface area contributed by atoms with Gasteiger partial charge >= 0.3 is 0 Å². The quantitative estimate of drug-likeness (QED) is 0.853. The SMILES string of the molecule is CCS(=O)(=O)N1CCCn2cnc(CNC3CCOCC3)c2C1. The van der Waals surface area contributed by atoms with Gasteiger partial charge in [-0.3, -0.25) is 0 Å². The monoisotopic (exact) mass is 342 g/mol. The fraction of sp³-hybridized carbons (Fsp3) is 0.800. The summed E-state index contributed by atoms with van der Waals surface area (Å²) in [6, 6.07) is 0.461. The smallest absolute Gasteiger partial charge is 0.214 e. The molecule has 23 heavy (non-hydrogen) atoms.